The molecule has 2 saturated heterocycles. The minimum atomic E-state index is 0.409. The SMILES string of the molecule is CCNC(=NCc1ccccc1N1CCOCC1)NCC(c1cccs1)N1CCCC1. The highest BCUT2D eigenvalue weighted by atomic mass is 32.1. The van der Waals surface area contributed by atoms with Crippen molar-refractivity contribution in [1.82, 2.24) is 15.5 Å². The van der Waals surface area contributed by atoms with Crippen LogP contribution in [0.3, 0.4) is 0 Å². The molecule has 2 aromatic rings. The lowest BCUT2D eigenvalue weighted by Crippen LogP contribution is -2.42. The zero-order chi connectivity index (χ0) is 21.3. The van der Waals surface area contributed by atoms with Crippen molar-refractivity contribution in [2.24, 2.45) is 4.99 Å². The van der Waals surface area contributed by atoms with E-state index in [1.807, 2.05) is 11.3 Å². The number of nitrogens with one attached hydrogen (secondary N) is 2. The second kappa shape index (κ2) is 11.5. The number of nitrogens with zero attached hydrogens (tertiary/aromatic N) is 3. The second-order valence-electron chi connectivity index (χ2n) is 8.08. The lowest BCUT2D eigenvalue weighted by atomic mass is 10.1. The Hall–Kier alpha value is -2.09. The molecule has 1 aromatic heterocycles. The average molecular weight is 442 g/mol. The molecule has 0 spiro atoms. The van der Waals surface area contributed by atoms with Gasteiger partial charge in [0.05, 0.1) is 25.8 Å². The fourth-order valence-electron chi connectivity index (χ4n) is 4.40. The third-order valence-electron chi connectivity index (χ3n) is 6.01. The smallest absolute Gasteiger partial charge is 0.191 e. The summed E-state index contributed by atoms with van der Waals surface area (Å²) in [6, 6.07) is 13.4. The molecule has 1 unspecified atom stereocenters. The molecule has 2 aliphatic heterocycles. The van der Waals surface area contributed by atoms with Gasteiger partial charge in [-0.1, -0.05) is 24.3 Å². The van der Waals surface area contributed by atoms with Crippen molar-refractivity contribution in [2.75, 3.05) is 57.4 Å². The fourth-order valence-corrected chi connectivity index (χ4v) is 5.26. The normalized spacial score (nSPS) is 18.9. The summed E-state index contributed by atoms with van der Waals surface area (Å²) < 4.78 is 5.53. The molecule has 1 aromatic carbocycles. The number of hydrogen-bond donors (Lipinski definition) is 2. The van der Waals surface area contributed by atoms with Gasteiger partial charge in [-0.15, -0.1) is 11.3 Å². The van der Waals surface area contributed by atoms with Gasteiger partial charge >= 0.3 is 0 Å². The Morgan fingerprint density at radius 1 is 1.06 bits per heavy atom. The molecule has 0 amide bonds. The van der Waals surface area contributed by atoms with Gasteiger partial charge in [0.1, 0.15) is 0 Å². The van der Waals surface area contributed by atoms with Crippen LogP contribution >= 0.6 is 11.3 Å². The number of anilines is 1. The summed E-state index contributed by atoms with van der Waals surface area (Å²) >= 11 is 1.85. The molecule has 0 saturated carbocycles. The first-order chi connectivity index (χ1) is 15.3. The van der Waals surface area contributed by atoms with E-state index in [1.54, 1.807) is 0 Å². The molecular formula is C24H35N5OS. The summed E-state index contributed by atoms with van der Waals surface area (Å²) in [5.41, 5.74) is 2.54. The van der Waals surface area contributed by atoms with Crippen LogP contribution in [0.4, 0.5) is 5.69 Å². The minimum Gasteiger partial charge on any atom is -0.378 e. The van der Waals surface area contributed by atoms with Crippen LogP contribution in [0.2, 0.25) is 0 Å². The van der Waals surface area contributed by atoms with Crippen molar-refractivity contribution in [3.63, 3.8) is 0 Å². The molecule has 0 radical (unpaired) electrons. The van der Waals surface area contributed by atoms with Gasteiger partial charge < -0.3 is 20.3 Å². The Bertz CT molecular complexity index is 813. The Morgan fingerprint density at radius 2 is 1.87 bits per heavy atom. The molecule has 2 N–H and O–H groups in total. The van der Waals surface area contributed by atoms with Crippen LogP contribution in [-0.4, -0.2) is 63.3 Å². The lowest BCUT2D eigenvalue weighted by Gasteiger charge is -2.30. The monoisotopic (exact) mass is 441 g/mol. The maximum Gasteiger partial charge on any atom is 0.191 e. The molecule has 2 aliphatic rings. The van der Waals surface area contributed by atoms with Gasteiger partial charge in [-0.2, -0.15) is 0 Å². The Kier molecular flexibility index (Phi) is 8.21. The zero-order valence-electron chi connectivity index (χ0n) is 18.6. The largest absolute Gasteiger partial charge is 0.378 e. The van der Waals surface area contributed by atoms with Gasteiger partial charge in [0.15, 0.2) is 5.96 Å². The average Bonchev–Trinajstić information content (AvgIpc) is 3.54. The summed E-state index contributed by atoms with van der Waals surface area (Å²) in [6.07, 6.45) is 2.60. The first-order valence-electron chi connectivity index (χ1n) is 11.6. The number of thiophene rings is 1. The predicted molar refractivity (Wildman–Crippen MR) is 130 cm³/mol. The second-order valence-corrected chi connectivity index (χ2v) is 9.06. The van der Waals surface area contributed by atoms with Gasteiger partial charge in [-0.05, 0) is 55.9 Å². The van der Waals surface area contributed by atoms with E-state index >= 15 is 0 Å². The maximum atomic E-state index is 5.53. The number of guanidine groups is 1. The lowest BCUT2D eigenvalue weighted by molar-refractivity contribution is 0.122. The first kappa shape index (κ1) is 22.1. The minimum absolute atomic E-state index is 0.409. The molecule has 31 heavy (non-hydrogen) atoms. The molecule has 168 valence electrons. The van der Waals surface area contributed by atoms with E-state index in [2.05, 4.69) is 69.1 Å². The van der Waals surface area contributed by atoms with Crippen LogP contribution in [0, 0.1) is 0 Å². The van der Waals surface area contributed by atoms with Crippen LogP contribution in [0.15, 0.2) is 46.8 Å². The Balaban J connectivity index is 1.44. The summed E-state index contributed by atoms with van der Waals surface area (Å²) in [7, 11) is 0. The number of rotatable bonds is 8. The van der Waals surface area contributed by atoms with Crippen molar-refractivity contribution in [3.8, 4) is 0 Å². The van der Waals surface area contributed by atoms with Crippen molar-refractivity contribution in [2.45, 2.75) is 32.4 Å². The molecule has 4 rings (SSSR count). The quantitative estimate of drug-likeness (QED) is 0.485. The van der Waals surface area contributed by atoms with Crippen molar-refractivity contribution in [1.29, 1.82) is 0 Å². The molecule has 0 aliphatic carbocycles. The first-order valence-corrected chi connectivity index (χ1v) is 12.4. The van der Waals surface area contributed by atoms with Crippen LogP contribution in [0.5, 0.6) is 0 Å². The van der Waals surface area contributed by atoms with Crippen molar-refractivity contribution < 1.29 is 4.74 Å². The van der Waals surface area contributed by atoms with E-state index in [-0.39, 0.29) is 0 Å². The van der Waals surface area contributed by atoms with E-state index in [1.165, 1.54) is 42.1 Å². The third-order valence-corrected chi connectivity index (χ3v) is 6.98. The zero-order valence-corrected chi connectivity index (χ0v) is 19.4. The molecule has 6 nitrogen and oxygen atoms in total. The number of benzene rings is 1. The van der Waals surface area contributed by atoms with Crippen molar-refractivity contribution in [3.05, 3.63) is 52.2 Å². The van der Waals surface area contributed by atoms with Crippen molar-refractivity contribution >= 4 is 23.0 Å². The van der Waals surface area contributed by atoms with Gasteiger partial charge in [-0.3, -0.25) is 4.90 Å². The summed E-state index contributed by atoms with van der Waals surface area (Å²) in [4.78, 5) is 11.4. The molecule has 7 heteroatoms. The van der Waals surface area contributed by atoms with E-state index in [4.69, 9.17) is 9.73 Å². The van der Waals surface area contributed by atoms with Crippen LogP contribution in [-0.2, 0) is 11.3 Å². The Labute approximate surface area is 190 Å². The van der Waals surface area contributed by atoms with E-state index in [9.17, 15) is 0 Å². The van der Waals surface area contributed by atoms with Gasteiger partial charge in [0.25, 0.3) is 0 Å². The van der Waals surface area contributed by atoms with E-state index in [0.717, 1.165) is 45.4 Å². The number of para-hydroxylation sites is 1. The fraction of sp³-hybridized carbons (Fsp3) is 0.542. The van der Waals surface area contributed by atoms with E-state index in [0.29, 0.717) is 12.6 Å². The number of morpholine rings is 1. The highest BCUT2D eigenvalue weighted by molar-refractivity contribution is 7.10. The summed E-state index contributed by atoms with van der Waals surface area (Å²) in [6.45, 7) is 10.4. The summed E-state index contributed by atoms with van der Waals surface area (Å²) in [5.74, 6) is 0.889. The third kappa shape index (κ3) is 5.99. The highest BCUT2D eigenvalue weighted by Crippen LogP contribution is 2.28. The van der Waals surface area contributed by atoms with Gasteiger partial charge in [-0.25, -0.2) is 4.99 Å². The van der Waals surface area contributed by atoms with Crippen LogP contribution < -0.4 is 15.5 Å². The van der Waals surface area contributed by atoms with Crippen LogP contribution in [0.25, 0.3) is 0 Å². The molecule has 3 heterocycles. The molecule has 2 fully saturated rings. The number of ether oxygens (including phenoxy) is 1. The highest BCUT2D eigenvalue weighted by Gasteiger charge is 2.24. The number of hydrogen-bond acceptors (Lipinski definition) is 5. The maximum absolute atomic E-state index is 5.53. The topological polar surface area (TPSA) is 52.1 Å². The van der Waals surface area contributed by atoms with E-state index < -0.39 is 0 Å². The van der Waals surface area contributed by atoms with Gasteiger partial charge in [0, 0.05) is 36.7 Å². The Morgan fingerprint density at radius 3 is 2.61 bits per heavy atom. The predicted octanol–water partition coefficient (Wildman–Crippen LogP) is 3.48. The van der Waals surface area contributed by atoms with Crippen LogP contribution in [0.1, 0.15) is 36.2 Å². The van der Waals surface area contributed by atoms with Gasteiger partial charge in [0.2, 0.25) is 0 Å². The molecule has 0 bridgehead atoms. The summed E-state index contributed by atoms with van der Waals surface area (Å²) in [5, 5.41) is 9.24. The number of likely N-dealkylation sites (tertiary alicyclic amines) is 1. The number of aliphatic imine (C=N–C) groups is 1. The molecular weight excluding hydrogens is 406 g/mol. The molecule has 1 atom stereocenters. The standard InChI is InChI=1S/C24H35N5OS/c1-2-25-24(27-19-22(23-10-7-17-31-23)28-11-5-6-12-28)26-18-20-8-3-4-9-21(20)29-13-15-30-16-14-29/h3-4,7-10,17,22H,2,5-6,11-16,18-19H2,1H3,(H2,25,26,27).